The lowest BCUT2D eigenvalue weighted by Gasteiger charge is -2.26. The Labute approximate surface area is 190 Å². The second-order valence-corrected chi connectivity index (χ2v) is 8.37. The standard InChI is InChI=1S/C19H21IN6O5/c1-25(9-27)18(30)14-12(28)13(29)19(31-14)26-8-23-11-16(21-7-22-17(11)26)24-15(20)10-5-3-2-4-6-10/h2-9,12-15,18-19,28-30H,1H3,(H,21,22,24)/t12-,13+,14-,15?,18?,19+/m0/s1. The van der Waals surface area contributed by atoms with Crippen molar-refractivity contribution in [3.63, 3.8) is 0 Å². The molecule has 0 aliphatic carbocycles. The number of nitrogens with zero attached hydrogens (tertiary/aromatic N) is 5. The first-order valence-electron chi connectivity index (χ1n) is 9.42. The summed E-state index contributed by atoms with van der Waals surface area (Å²) < 4.78 is 7.10. The highest BCUT2D eigenvalue weighted by Gasteiger charge is 2.48. The van der Waals surface area contributed by atoms with E-state index in [2.05, 4.69) is 42.9 Å². The van der Waals surface area contributed by atoms with Crippen molar-refractivity contribution in [3.05, 3.63) is 48.5 Å². The Bertz CT molecular complexity index is 1050. The highest BCUT2D eigenvalue weighted by atomic mass is 127. The molecule has 0 radical (unpaired) electrons. The van der Waals surface area contributed by atoms with Gasteiger partial charge >= 0.3 is 0 Å². The number of rotatable bonds is 7. The summed E-state index contributed by atoms with van der Waals surface area (Å²) in [5.74, 6) is 0.498. The summed E-state index contributed by atoms with van der Waals surface area (Å²) >= 11 is 2.25. The Morgan fingerprint density at radius 1 is 1.23 bits per heavy atom. The summed E-state index contributed by atoms with van der Waals surface area (Å²) in [7, 11) is 1.35. The van der Waals surface area contributed by atoms with Gasteiger partial charge in [-0.15, -0.1) is 0 Å². The first kappa shape index (κ1) is 21.8. The fraction of sp³-hybridized carbons (Fsp3) is 0.368. The number of carbonyl (C=O) groups excluding carboxylic acids is 1. The smallest absolute Gasteiger partial charge is 0.211 e. The minimum atomic E-state index is -1.43. The second-order valence-electron chi connectivity index (χ2n) is 7.12. The Hall–Kier alpha value is -2.39. The number of halogens is 1. The number of ether oxygens (including phenoxy) is 1. The molecule has 164 valence electrons. The van der Waals surface area contributed by atoms with Crippen LogP contribution in [0.3, 0.4) is 0 Å². The van der Waals surface area contributed by atoms with Gasteiger partial charge in [-0.1, -0.05) is 52.9 Å². The first-order chi connectivity index (χ1) is 14.9. The number of hydrogen-bond acceptors (Lipinski definition) is 9. The fourth-order valence-corrected chi connectivity index (χ4v) is 4.14. The molecule has 1 aromatic carbocycles. The van der Waals surface area contributed by atoms with E-state index in [1.54, 1.807) is 0 Å². The van der Waals surface area contributed by atoms with Gasteiger partial charge in [0.15, 0.2) is 29.4 Å². The molecule has 2 aromatic heterocycles. The Balaban J connectivity index is 1.61. The van der Waals surface area contributed by atoms with Crippen molar-refractivity contribution in [2.75, 3.05) is 12.4 Å². The lowest BCUT2D eigenvalue weighted by Crippen LogP contribution is -2.46. The largest absolute Gasteiger partial charge is 0.387 e. The average Bonchev–Trinajstić information content (AvgIpc) is 3.35. The molecule has 31 heavy (non-hydrogen) atoms. The second kappa shape index (κ2) is 9.00. The van der Waals surface area contributed by atoms with Crippen LogP contribution in [-0.2, 0) is 9.53 Å². The molecule has 1 saturated heterocycles. The maximum atomic E-state index is 10.9. The van der Waals surface area contributed by atoms with Crippen LogP contribution in [0.5, 0.6) is 0 Å². The maximum Gasteiger partial charge on any atom is 0.211 e. The Kier molecular flexibility index (Phi) is 6.34. The van der Waals surface area contributed by atoms with Crippen LogP contribution in [0, 0.1) is 0 Å². The number of fused-ring (bicyclic) bond motifs is 1. The predicted molar refractivity (Wildman–Crippen MR) is 118 cm³/mol. The molecule has 12 heteroatoms. The quantitative estimate of drug-likeness (QED) is 0.110. The molecule has 4 rings (SSSR count). The minimum absolute atomic E-state index is 0.0735. The van der Waals surface area contributed by atoms with Crippen molar-refractivity contribution in [1.82, 2.24) is 24.4 Å². The molecule has 2 unspecified atom stereocenters. The highest BCUT2D eigenvalue weighted by Crippen LogP contribution is 2.34. The molecule has 6 atom stereocenters. The Morgan fingerprint density at radius 3 is 2.68 bits per heavy atom. The van der Waals surface area contributed by atoms with E-state index in [1.807, 2.05) is 30.3 Å². The molecule has 1 aliphatic heterocycles. The highest BCUT2D eigenvalue weighted by molar-refractivity contribution is 14.1. The lowest BCUT2D eigenvalue weighted by molar-refractivity contribution is -0.149. The summed E-state index contributed by atoms with van der Waals surface area (Å²) in [6.45, 7) is 0. The fourth-order valence-electron chi connectivity index (χ4n) is 3.43. The van der Waals surface area contributed by atoms with Gasteiger partial charge in [-0.3, -0.25) is 9.36 Å². The maximum absolute atomic E-state index is 10.9. The van der Waals surface area contributed by atoms with Gasteiger partial charge < -0.3 is 30.3 Å². The van der Waals surface area contributed by atoms with Gasteiger partial charge in [0.05, 0.1) is 6.33 Å². The molecule has 0 bridgehead atoms. The number of anilines is 1. The molecule has 1 amide bonds. The number of likely N-dealkylation sites (N-methyl/N-ethyl adjacent to an activating group) is 1. The molecule has 0 saturated carbocycles. The van der Waals surface area contributed by atoms with Crippen molar-refractivity contribution in [3.8, 4) is 0 Å². The average molecular weight is 540 g/mol. The summed E-state index contributed by atoms with van der Waals surface area (Å²) in [4.78, 5) is 24.8. The van der Waals surface area contributed by atoms with Gasteiger partial charge in [0.1, 0.15) is 28.7 Å². The molecular formula is C19H21IN6O5. The number of aliphatic hydroxyl groups is 3. The Morgan fingerprint density at radius 2 is 1.97 bits per heavy atom. The SMILES string of the molecule is CN(C=O)C(O)[C@H]1O[C@@H](n2cnc3c(NC(I)c4ccccc4)ncnc32)[C@H](O)[C@@H]1O. The minimum Gasteiger partial charge on any atom is -0.387 e. The number of hydrogen-bond donors (Lipinski definition) is 4. The third-order valence-corrected chi connectivity index (χ3v) is 6.17. The van der Waals surface area contributed by atoms with Gasteiger partial charge in [0.25, 0.3) is 0 Å². The van der Waals surface area contributed by atoms with E-state index in [9.17, 15) is 20.1 Å². The monoisotopic (exact) mass is 540 g/mol. The van der Waals surface area contributed by atoms with E-state index in [0.29, 0.717) is 23.4 Å². The number of carbonyl (C=O) groups is 1. The number of amides is 1. The summed E-state index contributed by atoms with van der Waals surface area (Å²) in [5, 5.41) is 34.4. The third kappa shape index (κ3) is 4.08. The van der Waals surface area contributed by atoms with Crippen LogP contribution >= 0.6 is 22.6 Å². The third-order valence-electron chi connectivity index (χ3n) is 5.14. The van der Waals surface area contributed by atoms with Crippen molar-refractivity contribution >= 4 is 46.0 Å². The predicted octanol–water partition coefficient (Wildman–Crippen LogP) is 0.398. The molecule has 3 heterocycles. The zero-order valence-electron chi connectivity index (χ0n) is 16.4. The normalized spacial score (nSPS) is 25.3. The van der Waals surface area contributed by atoms with E-state index in [0.717, 1.165) is 10.5 Å². The zero-order valence-corrected chi connectivity index (χ0v) is 18.5. The number of aromatic nitrogens is 4. The molecule has 0 spiro atoms. The number of alkyl halides is 1. The van der Waals surface area contributed by atoms with Gasteiger partial charge in [0, 0.05) is 7.05 Å². The molecule has 4 N–H and O–H groups in total. The number of aliphatic hydroxyl groups excluding tert-OH is 3. The van der Waals surface area contributed by atoms with Crippen molar-refractivity contribution in [2.24, 2.45) is 0 Å². The van der Waals surface area contributed by atoms with E-state index in [1.165, 1.54) is 24.3 Å². The molecule has 1 fully saturated rings. The summed E-state index contributed by atoms with van der Waals surface area (Å²) in [5.41, 5.74) is 1.90. The van der Waals surface area contributed by atoms with Crippen LogP contribution in [0.2, 0.25) is 0 Å². The molecular weight excluding hydrogens is 519 g/mol. The van der Waals surface area contributed by atoms with E-state index < -0.39 is 30.8 Å². The lowest BCUT2D eigenvalue weighted by atomic mass is 10.1. The van der Waals surface area contributed by atoms with Crippen molar-refractivity contribution in [1.29, 1.82) is 0 Å². The number of imidazole rings is 1. The van der Waals surface area contributed by atoms with Crippen LogP contribution in [0.1, 0.15) is 15.8 Å². The van der Waals surface area contributed by atoms with Crippen LogP contribution < -0.4 is 5.32 Å². The van der Waals surface area contributed by atoms with Crippen LogP contribution in [0.15, 0.2) is 43.0 Å². The van der Waals surface area contributed by atoms with Crippen LogP contribution in [0.4, 0.5) is 5.82 Å². The van der Waals surface area contributed by atoms with Gasteiger partial charge in [-0.2, -0.15) is 0 Å². The number of nitrogens with one attached hydrogen (secondary N) is 1. The molecule has 3 aromatic rings. The van der Waals surface area contributed by atoms with Crippen molar-refractivity contribution in [2.45, 2.75) is 34.8 Å². The van der Waals surface area contributed by atoms with E-state index >= 15 is 0 Å². The van der Waals surface area contributed by atoms with Crippen molar-refractivity contribution < 1.29 is 24.9 Å². The zero-order chi connectivity index (χ0) is 22.1. The van der Waals surface area contributed by atoms with Gasteiger partial charge in [-0.05, 0) is 5.56 Å². The van der Waals surface area contributed by atoms with Crippen LogP contribution in [-0.4, -0.2) is 77.7 Å². The van der Waals surface area contributed by atoms with E-state index in [4.69, 9.17) is 4.74 Å². The van der Waals surface area contributed by atoms with Crippen LogP contribution in [0.25, 0.3) is 11.2 Å². The topological polar surface area (TPSA) is 146 Å². The summed E-state index contributed by atoms with van der Waals surface area (Å²) in [6.07, 6.45) is -3.29. The molecule has 11 nitrogen and oxygen atoms in total. The molecule has 1 aliphatic rings. The van der Waals surface area contributed by atoms with Gasteiger partial charge in [-0.25, -0.2) is 15.0 Å². The number of benzene rings is 1. The van der Waals surface area contributed by atoms with Gasteiger partial charge in [0.2, 0.25) is 6.41 Å². The summed E-state index contributed by atoms with van der Waals surface area (Å²) in [6, 6.07) is 9.82. The van der Waals surface area contributed by atoms with E-state index in [-0.39, 0.29) is 4.05 Å². The first-order valence-corrected chi connectivity index (χ1v) is 10.7.